The summed E-state index contributed by atoms with van der Waals surface area (Å²) in [5, 5.41) is 3.92. The number of rotatable bonds is 6. The average Bonchev–Trinajstić information content (AvgIpc) is 3.04. The summed E-state index contributed by atoms with van der Waals surface area (Å²) in [6, 6.07) is 21.5. The molecule has 1 fully saturated rings. The quantitative estimate of drug-likeness (QED) is 0.548. The predicted octanol–water partition coefficient (Wildman–Crippen LogP) is 3.50. The highest BCUT2D eigenvalue weighted by molar-refractivity contribution is 7.80. The molecule has 1 aliphatic rings. The molecule has 3 aromatic carbocycles. The Balaban J connectivity index is 1.60. The SMILES string of the molecule is O=C(CC1C(=O)N(c2ccccc2)C(=S)N1NC(=O)c1cccc(F)c1)Nc1ccccc1. The van der Waals surface area contributed by atoms with Gasteiger partial charge in [0.25, 0.3) is 11.8 Å². The highest BCUT2D eigenvalue weighted by atomic mass is 32.1. The van der Waals surface area contributed by atoms with Gasteiger partial charge in [0.05, 0.1) is 12.1 Å². The minimum absolute atomic E-state index is 0.00784. The van der Waals surface area contributed by atoms with E-state index in [2.05, 4.69) is 10.7 Å². The summed E-state index contributed by atoms with van der Waals surface area (Å²) in [6.45, 7) is 0. The fourth-order valence-corrected chi connectivity index (χ4v) is 3.79. The second-order valence-electron chi connectivity index (χ2n) is 7.25. The fourth-order valence-electron chi connectivity index (χ4n) is 3.43. The predicted molar refractivity (Wildman–Crippen MR) is 126 cm³/mol. The van der Waals surface area contributed by atoms with E-state index in [1.54, 1.807) is 54.6 Å². The number of para-hydroxylation sites is 2. The number of benzene rings is 3. The Labute approximate surface area is 194 Å². The number of anilines is 2. The molecule has 0 aliphatic carbocycles. The molecule has 2 N–H and O–H groups in total. The van der Waals surface area contributed by atoms with Crippen LogP contribution in [-0.2, 0) is 9.59 Å². The molecule has 33 heavy (non-hydrogen) atoms. The minimum Gasteiger partial charge on any atom is -0.326 e. The van der Waals surface area contributed by atoms with Crippen molar-refractivity contribution in [2.45, 2.75) is 12.5 Å². The molecule has 1 unspecified atom stereocenters. The van der Waals surface area contributed by atoms with Crippen molar-refractivity contribution in [2.24, 2.45) is 0 Å². The van der Waals surface area contributed by atoms with Gasteiger partial charge in [0.15, 0.2) is 0 Å². The van der Waals surface area contributed by atoms with Crippen LogP contribution in [0.25, 0.3) is 0 Å². The molecule has 0 bridgehead atoms. The summed E-state index contributed by atoms with van der Waals surface area (Å²) in [4.78, 5) is 40.0. The summed E-state index contributed by atoms with van der Waals surface area (Å²) < 4.78 is 13.6. The molecular formula is C24H19FN4O3S. The zero-order chi connectivity index (χ0) is 23.4. The van der Waals surface area contributed by atoms with E-state index in [1.165, 1.54) is 28.1 Å². The van der Waals surface area contributed by atoms with Crippen LogP contribution in [0.15, 0.2) is 84.9 Å². The van der Waals surface area contributed by atoms with Gasteiger partial charge in [-0.05, 0) is 54.7 Å². The Hall–Kier alpha value is -4.11. The lowest BCUT2D eigenvalue weighted by atomic mass is 10.1. The average molecular weight is 463 g/mol. The van der Waals surface area contributed by atoms with Crippen LogP contribution in [-0.4, -0.2) is 33.9 Å². The van der Waals surface area contributed by atoms with Crippen molar-refractivity contribution in [1.29, 1.82) is 0 Å². The summed E-state index contributed by atoms with van der Waals surface area (Å²) in [6.07, 6.45) is -0.263. The molecule has 0 radical (unpaired) electrons. The number of hydrogen-bond acceptors (Lipinski definition) is 4. The van der Waals surface area contributed by atoms with E-state index in [1.807, 2.05) is 6.07 Å². The number of carbonyl (C=O) groups excluding carboxylic acids is 3. The normalized spacial score (nSPS) is 15.5. The first kappa shape index (κ1) is 22.1. The second-order valence-corrected chi connectivity index (χ2v) is 7.61. The van der Waals surface area contributed by atoms with Crippen LogP contribution in [0.4, 0.5) is 15.8 Å². The Bertz CT molecular complexity index is 1210. The van der Waals surface area contributed by atoms with Crippen LogP contribution in [0.5, 0.6) is 0 Å². The molecule has 0 aromatic heterocycles. The van der Waals surface area contributed by atoms with Crippen LogP contribution in [0.3, 0.4) is 0 Å². The number of hydrazine groups is 1. The molecule has 1 saturated heterocycles. The van der Waals surface area contributed by atoms with Gasteiger partial charge in [-0.2, -0.15) is 0 Å². The third-order valence-corrected chi connectivity index (χ3v) is 5.35. The van der Waals surface area contributed by atoms with E-state index in [4.69, 9.17) is 12.2 Å². The first-order valence-corrected chi connectivity index (χ1v) is 10.5. The summed E-state index contributed by atoms with van der Waals surface area (Å²) in [5.74, 6) is -2.13. The smallest absolute Gasteiger partial charge is 0.269 e. The molecule has 1 aliphatic heterocycles. The number of nitrogens with one attached hydrogen (secondary N) is 2. The number of amides is 3. The van der Waals surface area contributed by atoms with Crippen LogP contribution in [0.2, 0.25) is 0 Å². The van der Waals surface area contributed by atoms with Gasteiger partial charge in [0.2, 0.25) is 11.0 Å². The highest BCUT2D eigenvalue weighted by Gasteiger charge is 2.45. The van der Waals surface area contributed by atoms with Gasteiger partial charge in [-0.15, -0.1) is 0 Å². The van der Waals surface area contributed by atoms with Gasteiger partial charge in [-0.3, -0.25) is 24.7 Å². The van der Waals surface area contributed by atoms with Gasteiger partial charge >= 0.3 is 0 Å². The van der Waals surface area contributed by atoms with Crippen molar-refractivity contribution in [3.8, 4) is 0 Å². The molecule has 4 rings (SSSR count). The third-order valence-electron chi connectivity index (χ3n) is 4.97. The lowest BCUT2D eigenvalue weighted by Crippen LogP contribution is -2.49. The van der Waals surface area contributed by atoms with Crippen molar-refractivity contribution >= 4 is 46.4 Å². The zero-order valence-electron chi connectivity index (χ0n) is 17.3. The number of halogens is 1. The van der Waals surface area contributed by atoms with E-state index in [-0.39, 0.29) is 17.1 Å². The van der Waals surface area contributed by atoms with E-state index < -0.39 is 29.6 Å². The standard InChI is InChI=1S/C24H19FN4O3S/c25-17-9-7-8-16(14-17)22(31)27-29-20(15-21(30)26-18-10-3-1-4-11-18)23(32)28(24(29)33)19-12-5-2-6-13-19/h1-14,20H,15H2,(H,26,30)(H,27,31). The fraction of sp³-hybridized carbons (Fsp3) is 0.0833. The Kier molecular flexibility index (Phi) is 6.41. The van der Waals surface area contributed by atoms with Crippen molar-refractivity contribution in [3.63, 3.8) is 0 Å². The number of thiocarbonyl (C=S) groups is 1. The molecule has 0 spiro atoms. The maximum atomic E-state index is 13.6. The van der Waals surface area contributed by atoms with Gasteiger partial charge in [-0.1, -0.05) is 42.5 Å². The monoisotopic (exact) mass is 462 g/mol. The molecule has 7 nitrogen and oxygen atoms in total. The van der Waals surface area contributed by atoms with E-state index in [0.717, 1.165) is 6.07 Å². The van der Waals surface area contributed by atoms with Crippen molar-refractivity contribution in [3.05, 3.63) is 96.3 Å². The Morgan fingerprint density at radius 3 is 2.27 bits per heavy atom. The number of hydrogen-bond donors (Lipinski definition) is 2. The lowest BCUT2D eigenvalue weighted by molar-refractivity contribution is -0.124. The maximum absolute atomic E-state index is 13.6. The Morgan fingerprint density at radius 1 is 0.939 bits per heavy atom. The molecule has 1 atom stereocenters. The van der Waals surface area contributed by atoms with Crippen LogP contribution in [0.1, 0.15) is 16.8 Å². The van der Waals surface area contributed by atoms with Crippen molar-refractivity contribution in [2.75, 3.05) is 10.2 Å². The Morgan fingerprint density at radius 2 is 1.61 bits per heavy atom. The molecule has 3 amide bonds. The summed E-state index contributed by atoms with van der Waals surface area (Å²) in [5.41, 5.74) is 3.70. The molecule has 0 saturated carbocycles. The van der Waals surface area contributed by atoms with Gasteiger partial charge in [-0.25, -0.2) is 9.40 Å². The van der Waals surface area contributed by atoms with Crippen LogP contribution in [0, 0.1) is 5.82 Å². The van der Waals surface area contributed by atoms with Gasteiger partial charge in [0.1, 0.15) is 11.9 Å². The minimum atomic E-state index is -1.08. The first-order valence-electron chi connectivity index (χ1n) is 10.1. The van der Waals surface area contributed by atoms with Crippen LogP contribution < -0.4 is 15.6 Å². The van der Waals surface area contributed by atoms with E-state index in [9.17, 15) is 18.8 Å². The van der Waals surface area contributed by atoms with E-state index in [0.29, 0.717) is 11.4 Å². The van der Waals surface area contributed by atoms with Gasteiger partial charge in [0, 0.05) is 11.3 Å². The first-order chi connectivity index (χ1) is 15.9. The number of carbonyl (C=O) groups is 3. The van der Waals surface area contributed by atoms with E-state index >= 15 is 0 Å². The molecule has 3 aromatic rings. The van der Waals surface area contributed by atoms with Crippen LogP contribution >= 0.6 is 12.2 Å². The molecule has 9 heteroatoms. The maximum Gasteiger partial charge on any atom is 0.269 e. The summed E-state index contributed by atoms with van der Waals surface area (Å²) in [7, 11) is 0. The zero-order valence-corrected chi connectivity index (χ0v) is 18.1. The number of nitrogens with zero attached hydrogens (tertiary/aromatic N) is 2. The van der Waals surface area contributed by atoms with Crippen molar-refractivity contribution < 1.29 is 18.8 Å². The largest absolute Gasteiger partial charge is 0.326 e. The highest BCUT2D eigenvalue weighted by Crippen LogP contribution is 2.26. The molecule has 1 heterocycles. The second kappa shape index (κ2) is 9.58. The topological polar surface area (TPSA) is 81.8 Å². The molecular weight excluding hydrogens is 443 g/mol. The van der Waals surface area contributed by atoms with Gasteiger partial charge < -0.3 is 5.32 Å². The lowest BCUT2D eigenvalue weighted by Gasteiger charge is -2.24. The third kappa shape index (κ3) is 4.88. The molecule has 166 valence electrons. The summed E-state index contributed by atoms with van der Waals surface area (Å²) >= 11 is 5.49. The van der Waals surface area contributed by atoms with Crippen molar-refractivity contribution in [1.82, 2.24) is 10.4 Å².